The monoisotopic (exact) mass is 288 g/mol. The van der Waals surface area contributed by atoms with Gasteiger partial charge in [-0.1, -0.05) is 0 Å². The second-order valence-electron chi connectivity index (χ2n) is 4.92. The van der Waals surface area contributed by atoms with E-state index < -0.39 is 5.97 Å². The predicted octanol–water partition coefficient (Wildman–Crippen LogP) is 1.09. The summed E-state index contributed by atoms with van der Waals surface area (Å²) in [7, 11) is 0. The minimum Gasteiger partial charge on any atom is -0.478 e. The van der Waals surface area contributed by atoms with Gasteiger partial charge in [0.2, 0.25) is 5.95 Å². The van der Waals surface area contributed by atoms with Gasteiger partial charge in [-0.15, -0.1) is 0 Å². The van der Waals surface area contributed by atoms with Crippen LogP contribution in [0.2, 0.25) is 0 Å². The lowest BCUT2D eigenvalue weighted by Gasteiger charge is -2.34. The van der Waals surface area contributed by atoms with Gasteiger partial charge in [0.1, 0.15) is 12.0 Å². The summed E-state index contributed by atoms with van der Waals surface area (Å²) in [5.41, 5.74) is 0.196. The molecule has 21 heavy (non-hydrogen) atoms. The topological polar surface area (TPSA) is 82.7 Å². The quantitative estimate of drug-likeness (QED) is 0.901. The van der Waals surface area contributed by atoms with Gasteiger partial charge in [-0.3, -0.25) is 4.90 Å². The summed E-state index contributed by atoms with van der Waals surface area (Å²) in [6.45, 7) is 4.03. The number of aromatic carboxylic acids is 1. The fourth-order valence-electron chi connectivity index (χ4n) is 2.36. The van der Waals surface area contributed by atoms with Crippen LogP contribution in [0.1, 0.15) is 16.1 Å². The summed E-state index contributed by atoms with van der Waals surface area (Å²) in [6, 6.07) is 3.38. The maximum Gasteiger partial charge on any atom is 0.338 e. The highest BCUT2D eigenvalue weighted by atomic mass is 16.4. The molecule has 110 valence electrons. The van der Waals surface area contributed by atoms with Crippen LogP contribution in [-0.2, 0) is 6.54 Å². The first-order valence-corrected chi connectivity index (χ1v) is 6.77. The molecule has 2 aromatic heterocycles. The van der Waals surface area contributed by atoms with Gasteiger partial charge in [0.25, 0.3) is 0 Å². The Kier molecular flexibility index (Phi) is 3.83. The number of furan rings is 1. The third-order valence-corrected chi connectivity index (χ3v) is 3.49. The lowest BCUT2D eigenvalue weighted by atomic mass is 10.2. The van der Waals surface area contributed by atoms with Crippen molar-refractivity contribution in [3.63, 3.8) is 0 Å². The highest BCUT2D eigenvalue weighted by Crippen LogP contribution is 2.14. The summed E-state index contributed by atoms with van der Waals surface area (Å²) < 4.78 is 5.28. The van der Waals surface area contributed by atoms with Crippen molar-refractivity contribution in [2.75, 3.05) is 31.1 Å². The molecule has 0 unspecified atom stereocenters. The summed E-state index contributed by atoms with van der Waals surface area (Å²) in [6.07, 6.45) is 4.77. The van der Waals surface area contributed by atoms with Crippen molar-refractivity contribution in [3.05, 3.63) is 42.1 Å². The lowest BCUT2D eigenvalue weighted by Crippen LogP contribution is -2.46. The predicted molar refractivity (Wildman–Crippen MR) is 75.2 cm³/mol. The third-order valence-electron chi connectivity index (χ3n) is 3.49. The Labute approximate surface area is 121 Å². The first-order chi connectivity index (χ1) is 10.2. The molecular weight excluding hydrogens is 272 g/mol. The van der Waals surface area contributed by atoms with Crippen molar-refractivity contribution in [1.82, 2.24) is 14.9 Å². The number of hydrogen-bond donors (Lipinski definition) is 1. The van der Waals surface area contributed by atoms with Gasteiger partial charge < -0.3 is 14.4 Å². The van der Waals surface area contributed by atoms with Crippen LogP contribution in [0.15, 0.2) is 35.2 Å². The van der Waals surface area contributed by atoms with E-state index in [1.807, 2.05) is 0 Å². The van der Waals surface area contributed by atoms with E-state index in [-0.39, 0.29) is 5.56 Å². The van der Waals surface area contributed by atoms with E-state index in [1.165, 1.54) is 6.26 Å². The van der Waals surface area contributed by atoms with Crippen molar-refractivity contribution in [3.8, 4) is 0 Å². The summed E-state index contributed by atoms with van der Waals surface area (Å²) >= 11 is 0. The zero-order chi connectivity index (χ0) is 14.7. The number of carboxylic acid groups (broad SMARTS) is 1. The van der Waals surface area contributed by atoms with Gasteiger partial charge in [0.15, 0.2) is 0 Å². The molecule has 3 rings (SSSR count). The Balaban J connectivity index is 1.55. The third kappa shape index (κ3) is 3.19. The van der Waals surface area contributed by atoms with Crippen LogP contribution in [0.5, 0.6) is 0 Å². The molecule has 1 N–H and O–H groups in total. The van der Waals surface area contributed by atoms with Crippen molar-refractivity contribution in [2.24, 2.45) is 0 Å². The molecule has 0 spiro atoms. The Morgan fingerprint density at radius 3 is 2.57 bits per heavy atom. The molecule has 1 aliphatic heterocycles. The molecule has 1 fully saturated rings. The Bertz CT molecular complexity index is 606. The van der Waals surface area contributed by atoms with Crippen LogP contribution in [0.25, 0.3) is 0 Å². The van der Waals surface area contributed by atoms with Gasteiger partial charge in [-0.05, 0) is 12.1 Å². The van der Waals surface area contributed by atoms with Crippen molar-refractivity contribution >= 4 is 11.9 Å². The highest BCUT2D eigenvalue weighted by molar-refractivity contribution is 5.87. The van der Waals surface area contributed by atoms with Crippen LogP contribution >= 0.6 is 0 Å². The number of carbonyl (C=O) groups is 1. The van der Waals surface area contributed by atoms with Gasteiger partial charge in [-0.2, -0.15) is 0 Å². The van der Waals surface area contributed by atoms with Gasteiger partial charge in [0, 0.05) is 38.6 Å². The van der Waals surface area contributed by atoms with Crippen LogP contribution in [-0.4, -0.2) is 52.1 Å². The minimum absolute atomic E-state index is 0.196. The molecule has 0 aliphatic carbocycles. The molecule has 2 aromatic rings. The first kappa shape index (κ1) is 13.6. The first-order valence-electron chi connectivity index (χ1n) is 6.77. The number of nitrogens with zero attached hydrogens (tertiary/aromatic N) is 4. The molecule has 1 aliphatic rings. The Morgan fingerprint density at radius 1 is 1.24 bits per heavy atom. The fourth-order valence-corrected chi connectivity index (χ4v) is 2.36. The molecule has 1 saturated heterocycles. The molecule has 7 nitrogen and oxygen atoms in total. The van der Waals surface area contributed by atoms with E-state index in [1.54, 1.807) is 24.5 Å². The highest BCUT2D eigenvalue weighted by Gasteiger charge is 2.20. The van der Waals surface area contributed by atoms with E-state index in [2.05, 4.69) is 19.8 Å². The minimum atomic E-state index is -0.962. The second-order valence-corrected chi connectivity index (χ2v) is 4.92. The number of anilines is 1. The normalized spacial score (nSPS) is 16.1. The van der Waals surface area contributed by atoms with Crippen LogP contribution < -0.4 is 4.90 Å². The molecule has 0 saturated carbocycles. The molecule has 0 atom stereocenters. The fraction of sp³-hybridized carbons (Fsp3) is 0.357. The summed E-state index contributed by atoms with van der Waals surface area (Å²) in [5.74, 6) is 0.469. The summed E-state index contributed by atoms with van der Waals surface area (Å²) in [4.78, 5) is 23.7. The SMILES string of the molecule is O=C(O)c1coc(CN2CCN(c3ncccn3)CC2)c1. The van der Waals surface area contributed by atoms with Crippen molar-refractivity contribution < 1.29 is 14.3 Å². The van der Waals surface area contributed by atoms with E-state index in [0.29, 0.717) is 12.3 Å². The molecular formula is C14H16N4O3. The molecule has 0 aromatic carbocycles. The van der Waals surface area contributed by atoms with Crippen LogP contribution in [0, 0.1) is 0 Å². The number of rotatable bonds is 4. The van der Waals surface area contributed by atoms with E-state index in [4.69, 9.17) is 9.52 Å². The molecule has 7 heteroatoms. The van der Waals surface area contributed by atoms with Crippen molar-refractivity contribution in [1.29, 1.82) is 0 Å². The van der Waals surface area contributed by atoms with Gasteiger partial charge in [-0.25, -0.2) is 14.8 Å². The summed E-state index contributed by atoms with van der Waals surface area (Å²) in [5, 5.41) is 8.87. The molecule has 3 heterocycles. The van der Waals surface area contributed by atoms with E-state index in [0.717, 1.165) is 32.1 Å². The average molecular weight is 288 g/mol. The second kappa shape index (κ2) is 5.92. The Hall–Kier alpha value is -2.41. The standard InChI is InChI=1S/C14H16N4O3/c19-13(20)11-8-12(21-10-11)9-17-4-6-18(7-5-17)14-15-2-1-3-16-14/h1-3,8,10H,4-7,9H2,(H,19,20). The van der Waals surface area contributed by atoms with E-state index in [9.17, 15) is 4.79 Å². The number of aromatic nitrogens is 2. The van der Waals surface area contributed by atoms with Crippen LogP contribution in [0.4, 0.5) is 5.95 Å². The molecule has 0 amide bonds. The number of carboxylic acids is 1. The maximum absolute atomic E-state index is 10.8. The average Bonchev–Trinajstić information content (AvgIpc) is 2.98. The Morgan fingerprint density at radius 2 is 1.95 bits per heavy atom. The van der Waals surface area contributed by atoms with Gasteiger partial charge in [0.05, 0.1) is 12.1 Å². The van der Waals surface area contributed by atoms with Gasteiger partial charge >= 0.3 is 5.97 Å². The molecule has 0 radical (unpaired) electrons. The maximum atomic E-state index is 10.8. The molecule has 0 bridgehead atoms. The lowest BCUT2D eigenvalue weighted by molar-refractivity contribution is 0.0696. The largest absolute Gasteiger partial charge is 0.478 e. The number of piperazine rings is 1. The van der Waals surface area contributed by atoms with E-state index >= 15 is 0 Å². The van der Waals surface area contributed by atoms with Crippen LogP contribution in [0.3, 0.4) is 0 Å². The van der Waals surface area contributed by atoms with Crippen molar-refractivity contribution in [2.45, 2.75) is 6.54 Å². The smallest absolute Gasteiger partial charge is 0.338 e. The zero-order valence-corrected chi connectivity index (χ0v) is 11.5. The zero-order valence-electron chi connectivity index (χ0n) is 11.5. The number of hydrogen-bond acceptors (Lipinski definition) is 6.